The summed E-state index contributed by atoms with van der Waals surface area (Å²) in [5.74, 6) is 0.882. The second kappa shape index (κ2) is 7.12. The van der Waals surface area contributed by atoms with Crippen LogP contribution in [0.1, 0.15) is 17.0 Å². The summed E-state index contributed by atoms with van der Waals surface area (Å²) in [5.41, 5.74) is 5.51. The Labute approximate surface area is 159 Å². The molecule has 0 radical (unpaired) electrons. The number of hydrogen-bond donors (Lipinski definition) is 1. The smallest absolute Gasteiger partial charge is 0.212 e. The van der Waals surface area contributed by atoms with E-state index in [-0.39, 0.29) is 5.37 Å². The monoisotopic (exact) mass is 388 g/mol. The van der Waals surface area contributed by atoms with E-state index in [0.717, 1.165) is 23.0 Å². The van der Waals surface area contributed by atoms with Gasteiger partial charge in [-0.3, -0.25) is 0 Å². The van der Waals surface area contributed by atoms with Gasteiger partial charge in [-0.25, -0.2) is 4.68 Å². The second-order valence-corrected chi connectivity index (χ2v) is 7.54. The van der Waals surface area contributed by atoms with E-state index in [0.29, 0.717) is 10.1 Å². The van der Waals surface area contributed by atoms with Gasteiger partial charge in [0.15, 0.2) is 5.82 Å². The second-order valence-electron chi connectivity index (χ2n) is 5.59. The van der Waals surface area contributed by atoms with Crippen molar-refractivity contribution in [3.63, 3.8) is 0 Å². The van der Waals surface area contributed by atoms with E-state index in [2.05, 4.69) is 27.8 Å². The molecular weight excluding hydrogens is 375 g/mol. The first-order valence-electron chi connectivity index (χ1n) is 7.74. The molecule has 3 aromatic rings. The van der Waals surface area contributed by atoms with Crippen molar-refractivity contribution in [2.75, 3.05) is 5.43 Å². The zero-order valence-electron chi connectivity index (χ0n) is 13.1. The van der Waals surface area contributed by atoms with Crippen LogP contribution in [0.25, 0.3) is 5.03 Å². The van der Waals surface area contributed by atoms with E-state index in [1.165, 1.54) is 5.56 Å². The van der Waals surface area contributed by atoms with Crippen LogP contribution in [0, 0.1) is 0 Å². The molecule has 0 saturated heterocycles. The first kappa shape index (κ1) is 16.5. The fourth-order valence-electron chi connectivity index (χ4n) is 2.58. The highest BCUT2D eigenvalue weighted by molar-refractivity contribution is 8.00. The highest BCUT2D eigenvalue weighted by Crippen LogP contribution is 2.32. The lowest BCUT2D eigenvalue weighted by atomic mass is 10.1. The summed E-state index contributed by atoms with van der Waals surface area (Å²) in [6.07, 6.45) is 2.69. The van der Waals surface area contributed by atoms with Crippen LogP contribution in [-0.4, -0.2) is 20.2 Å². The normalized spacial score (nSPS) is 16.6. The van der Waals surface area contributed by atoms with Crippen LogP contribution < -0.4 is 5.43 Å². The number of thioether (sulfide) groups is 1. The number of rotatable bonds is 4. The average Bonchev–Trinajstić information content (AvgIpc) is 3.18. The van der Waals surface area contributed by atoms with Gasteiger partial charge in [0.2, 0.25) is 5.16 Å². The van der Waals surface area contributed by atoms with Crippen molar-refractivity contribution in [1.82, 2.24) is 14.9 Å². The minimum Gasteiger partial charge on any atom is -0.305 e. The topological polar surface area (TPSA) is 42.7 Å². The number of halogens is 2. The van der Waals surface area contributed by atoms with E-state index in [1.54, 1.807) is 11.8 Å². The third-order valence-electron chi connectivity index (χ3n) is 3.81. The van der Waals surface area contributed by atoms with Crippen LogP contribution in [-0.2, 0) is 6.42 Å². The number of nitrogens with zero attached hydrogens (tertiary/aromatic N) is 3. The quantitative estimate of drug-likeness (QED) is 0.698. The number of nitrogens with one attached hydrogen (secondary N) is 1. The van der Waals surface area contributed by atoms with Gasteiger partial charge >= 0.3 is 0 Å². The maximum Gasteiger partial charge on any atom is 0.212 e. The Morgan fingerprint density at radius 2 is 1.88 bits per heavy atom. The van der Waals surface area contributed by atoms with Crippen LogP contribution in [0.5, 0.6) is 0 Å². The lowest BCUT2D eigenvalue weighted by Crippen LogP contribution is -2.19. The van der Waals surface area contributed by atoms with Crippen LogP contribution in [0.15, 0.2) is 65.8 Å². The molecule has 2 heterocycles. The molecule has 1 aliphatic heterocycles. The van der Waals surface area contributed by atoms with Crippen LogP contribution in [0.3, 0.4) is 0 Å². The summed E-state index contributed by atoms with van der Waals surface area (Å²) >= 11 is 13.9. The Morgan fingerprint density at radius 1 is 1.12 bits per heavy atom. The van der Waals surface area contributed by atoms with Crippen molar-refractivity contribution in [1.29, 1.82) is 0 Å². The van der Waals surface area contributed by atoms with Gasteiger partial charge in [0, 0.05) is 16.5 Å². The fourth-order valence-corrected chi connectivity index (χ4v) is 3.97. The van der Waals surface area contributed by atoms with E-state index in [9.17, 15) is 0 Å². The van der Waals surface area contributed by atoms with Crippen LogP contribution in [0.2, 0.25) is 5.02 Å². The summed E-state index contributed by atoms with van der Waals surface area (Å²) < 4.78 is 1.94. The van der Waals surface area contributed by atoms with Crippen molar-refractivity contribution in [2.45, 2.75) is 17.0 Å². The number of benzene rings is 2. The molecule has 0 saturated carbocycles. The van der Waals surface area contributed by atoms with Gasteiger partial charge < -0.3 is 5.43 Å². The molecule has 1 aromatic heterocycles. The highest BCUT2D eigenvalue weighted by atomic mass is 35.5. The Kier molecular flexibility index (Phi) is 4.70. The van der Waals surface area contributed by atoms with Crippen LogP contribution in [0.4, 0.5) is 0 Å². The molecule has 1 unspecified atom stereocenters. The molecule has 7 heteroatoms. The van der Waals surface area contributed by atoms with Gasteiger partial charge in [0.25, 0.3) is 0 Å². The average molecular weight is 389 g/mol. The summed E-state index contributed by atoms with van der Waals surface area (Å²) in [4.78, 5) is 0. The molecule has 0 spiro atoms. The predicted octanol–water partition coefficient (Wildman–Crippen LogP) is 4.78. The molecule has 1 N–H and O–H groups in total. The number of hydrogen-bond acceptors (Lipinski definition) is 4. The SMILES string of the molecule is Cl/C(=C\C1Nn2c(Cc3ccccc3)nnc2S1)c1ccc(Cl)cc1. The molecule has 0 aliphatic carbocycles. The molecule has 1 aliphatic rings. The van der Waals surface area contributed by atoms with Gasteiger partial charge in [-0.05, 0) is 29.3 Å². The number of aromatic nitrogens is 3. The van der Waals surface area contributed by atoms with Crippen molar-refractivity contribution in [2.24, 2.45) is 0 Å². The van der Waals surface area contributed by atoms with E-state index in [4.69, 9.17) is 23.2 Å². The molecular formula is C18H14Cl2N4S. The zero-order chi connectivity index (χ0) is 17.2. The molecule has 126 valence electrons. The van der Waals surface area contributed by atoms with Crippen molar-refractivity contribution >= 4 is 40.0 Å². The molecule has 4 rings (SSSR count). The molecule has 1 atom stereocenters. The van der Waals surface area contributed by atoms with E-state index >= 15 is 0 Å². The Hall–Kier alpha value is -1.95. The first-order chi connectivity index (χ1) is 12.2. The zero-order valence-corrected chi connectivity index (χ0v) is 15.4. The van der Waals surface area contributed by atoms with Crippen LogP contribution >= 0.6 is 35.0 Å². The van der Waals surface area contributed by atoms with Gasteiger partial charge in [-0.1, -0.05) is 77.4 Å². The number of fused-ring (bicyclic) bond motifs is 1. The van der Waals surface area contributed by atoms with E-state index in [1.807, 2.05) is 53.2 Å². The molecule has 0 bridgehead atoms. The van der Waals surface area contributed by atoms with E-state index < -0.39 is 0 Å². The molecule has 2 aromatic carbocycles. The van der Waals surface area contributed by atoms with Crippen molar-refractivity contribution in [3.05, 3.63) is 82.6 Å². The molecule has 0 amide bonds. The van der Waals surface area contributed by atoms with Gasteiger partial charge in [0.1, 0.15) is 5.37 Å². The lowest BCUT2D eigenvalue weighted by molar-refractivity contribution is 0.763. The molecule has 0 fully saturated rings. The minimum atomic E-state index is 0.00296. The maximum atomic E-state index is 6.44. The summed E-state index contributed by atoms with van der Waals surface area (Å²) in [5, 5.41) is 10.7. The fraction of sp³-hybridized carbons (Fsp3) is 0.111. The van der Waals surface area contributed by atoms with Crippen molar-refractivity contribution < 1.29 is 0 Å². The van der Waals surface area contributed by atoms with Gasteiger partial charge in [-0.15, -0.1) is 10.2 Å². The standard InChI is InChI=1S/C18H14Cl2N4S/c19-14-8-6-13(7-9-14)15(20)11-17-23-24-16(21-22-18(24)25-17)10-12-4-2-1-3-5-12/h1-9,11,17,23H,10H2/b15-11-. The maximum absolute atomic E-state index is 6.44. The third kappa shape index (κ3) is 3.68. The Bertz CT molecular complexity index is 907. The molecule has 4 nitrogen and oxygen atoms in total. The Morgan fingerprint density at radius 3 is 2.64 bits per heavy atom. The largest absolute Gasteiger partial charge is 0.305 e. The highest BCUT2D eigenvalue weighted by Gasteiger charge is 2.25. The van der Waals surface area contributed by atoms with Gasteiger partial charge in [0.05, 0.1) is 0 Å². The van der Waals surface area contributed by atoms with Gasteiger partial charge in [-0.2, -0.15) is 0 Å². The summed E-state index contributed by atoms with van der Waals surface area (Å²) in [6, 6.07) is 17.7. The summed E-state index contributed by atoms with van der Waals surface area (Å²) in [6.45, 7) is 0. The molecule has 25 heavy (non-hydrogen) atoms. The van der Waals surface area contributed by atoms with Crippen molar-refractivity contribution in [3.8, 4) is 0 Å². The minimum absolute atomic E-state index is 0.00296. The predicted molar refractivity (Wildman–Crippen MR) is 104 cm³/mol. The Balaban J connectivity index is 1.50. The summed E-state index contributed by atoms with van der Waals surface area (Å²) in [7, 11) is 0. The third-order valence-corrected chi connectivity index (χ3v) is 5.38. The first-order valence-corrected chi connectivity index (χ1v) is 9.37. The lowest BCUT2D eigenvalue weighted by Gasteiger charge is -2.09.